The van der Waals surface area contributed by atoms with Crippen LogP contribution in [-0.2, 0) is 0 Å². The lowest BCUT2D eigenvalue weighted by molar-refractivity contribution is 0.631. The summed E-state index contributed by atoms with van der Waals surface area (Å²) >= 11 is 0. The number of hydrogen-bond donors (Lipinski definition) is 0. The molecule has 0 saturated heterocycles. The molecule has 0 spiro atoms. The predicted molar refractivity (Wildman–Crippen MR) is 70.4 cm³/mol. The Morgan fingerprint density at radius 2 is 2.00 bits per heavy atom. The van der Waals surface area contributed by atoms with Crippen LogP contribution in [0.15, 0.2) is 65.5 Å². The van der Waals surface area contributed by atoms with Crippen LogP contribution in [0.2, 0.25) is 0 Å². The molecular formula is C15H10N2O. The van der Waals surface area contributed by atoms with Gasteiger partial charge in [0.1, 0.15) is 17.0 Å². The number of hydrogen-bond acceptors (Lipinski definition) is 2. The number of aromatic nitrogens is 2. The molecule has 0 aliphatic carbocycles. The van der Waals surface area contributed by atoms with Gasteiger partial charge in [-0.05, 0) is 24.3 Å². The fraction of sp³-hybridized carbons (Fsp3) is 0. The summed E-state index contributed by atoms with van der Waals surface area (Å²) in [5, 5.41) is 1.12. The molecule has 3 heterocycles. The average Bonchev–Trinajstić information content (AvgIpc) is 3.04. The molecular weight excluding hydrogens is 224 g/mol. The molecule has 4 aromatic rings. The molecule has 18 heavy (non-hydrogen) atoms. The number of pyridine rings is 1. The summed E-state index contributed by atoms with van der Waals surface area (Å²) in [7, 11) is 0. The highest BCUT2D eigenvalue weighted by atomic mass is 16.3. The van der Waals surface area contributed by atoms with E-state index < -0.39 is 0 Å². The van der Waals surface area contributed by atoms with E-state index in [2.05, 4.69) is 17.1 Å². The van der Waals surface area contributed by atoms with Crippen molar-refractivity contribution in [3.63, 3.8) is 0 Å². The number of imidazole rings is 1. The normalized spacial score (nSPS) is 11.3. The van der Waals surface area contributed by atoms with Crippen LogP contribution >= 0.6 is 0 Å². The second-order valence-corrected chi connectivity index (χ2v) is 4.26. The van der Waals surface area contributed by atoms with Crippen molar-refractivity contribution in [1.29, 1.82) is 0 Å². The number of nitrogens with zero attached hydrogens (tertiary/aromatic N) is 2. The summed E-state index contributed by atoms with van der Waals surface area (Å²) in [6.07, 6.45) is 5.75. The van der Waals surface area contributed by atoms with Gasteiger partial charge in [0, 0.05) is 29.5 Å². The molecule has 0 amide bonds. The van der Waals surface area contributed by atoms with E-state index in [1.165, 1.54) is 0 Å². The van der Waals surface area contributed by atoms with Gasteiger partial charge in [-0.3, -0.25) is 0 Å². The predicted octanol–water partition coefficient (Wildman–Crippen LogP) is 3.75. The Balaban J connectivity index is 1.94. The molecule has 0 fully saturated rings. The lowest BCUT2D eigenvalue weighted by Crippen LogP contribution is -1.83. The summed E-state index contributed by atoms with van der Waals surface area (Å²) in [6, 6.07) is 14.1. The van der Waals surface area contributed by atoms with Crippen molar-refractivity contribution in [1.82, 2.24) is 9.38 Å². The summed E-state index contributed by atoms with van der Waals surface area (Å²) in [4.78, 5) is 4.23. The van der Waals surface area contributed by atoms with Crippen LogP contribution in [0.4, 0.5) is 0 Å². The maximum atomic E-state index is 5.85. The third-order valence-corrected chi connectivity index (χ3v) is 3.10. The minimum Gasteiger partial charge on any atom is -0.456 e. The van der Waals surface area contributed by atoms with Crippen LogP contribution in [0, 0.1) is 0 Å². The van der Waals surface area contributed by atoms with Crippen molar-refractivity contribution in [3.8, 4) is 11.3 Å². The van der Waals surface area contributed by atoms with E-state index in [0.717, 1.165) is 27.9 Å². The van der Waals surface area contributed by atoms with Crippen molar-refractivity contribution >= 4 is 16.6 Å². The van der Waals surface area contributed by atoms with E-state index in [1.807, 2.05) is 47.1 Å². The lowest BCUT2D eigenvalue weighted by atomic mass is 10.2. The van der Waals surface area contributed by atoms with Gasteiger partial charge >= 0.3 is 0 Å². The lowest BCUT2D eigenvalue weighted by Gasteiger charge is -1.98. The molecule has 0 radical (unpaired) electrons. The highest BCUT2D eigenvalue weighted by molar-refractivity contribution is 5.82. The van der Waals surface area contributed by atoms with Gasteiger partial charge in [0.25, 0.3) is 0 Å². The Kier molecular flexibility index (Phi) is 1.83. The van der Waals surface area contributed by atoms with E-state index in [9.17, 15) is 0 Å². The summed E-state index contributed by atoms with van der Waals surface area (Å²) in [6.45, 7) is 0. The van der Waals surface area contributed by atoms with Crippen molar-refractivity contribution < 1.29 is 4.42 Å². The molecule has 0 aliphatic rings. The molecule has 0 unspecified atom stereocenters. The van der Waals surface area contributed by atoms with Gasteiger partial charge in [-0.15, -0.1) is 0 Å². The Morgan fingerprint density at radius 1 is 1.06 bits per heavy atom. The Hall–Kier alpha value is -2.55. The topological polar surface area (TPSA) is 30.4 Å². The molecule has 86 valence electrons. The van der Waals surface area contributed by atoms with Crippen molar-refractivity contribution in [2.45, 2.75) is 0 Å². The fourth-order valence-corrected chi connectivity index (χ4v) is 2.19. The molecule has 0 N–H and O–H groups in total. The van der Waals surface area contributed by atoms with Crippen molar-refractivity contribution in [2.75, 3.05) is 0 Å². The molecule has 3 nitrogen and oxygen atoms in total. The number of benzene rings is 1. The van der Waals surface area contributed by atoms with Crippen LogP contribution in [0.5, 0.6) is 0 Å². The highest BCUT2D eigenvalue weighted by Crippen LogP contribution is 2.27. The highest BCUT2D eigenvalue weighted by Gasteiger charge is 2.06. The van der Waals surface area contributed by atoms with E-state index in [-0.39, 0.29) is 0 Å². The van der Waals surface area contributed by atoms with Crippen LogP contribution in [-0.4, -0.2) is 9.38 Å². The first kappa shape index (κ1) is 9.48. The fourth-order valence-electron chi connectivity index (χ4n) is 2.19. The number of fused-ring (bicyclic) bond motifs is 2. The SMILES string of the molecule is c1ccc2oc(-c3ccc4nccn4c3)cc2c1. The molecule has 3 aromatic heterocycles. The van der Waals surface area contributed by atoms with Gasteiger partial charge in [-0.25, -0.2) is 4.98 Å². The smallest absolute Gasteiger partial charge is 0.136 e. The van der Waals surface area contributed by atoms with E-state index in [4.69, 9.17) is 4.42 Å². The van der Waals surface area contributed by atoms with Crippen molar-refractivity contribution in [3.05, 3.63) is 61.1 Å². The van der Waals surface area contributed by atoms with Crippen LogP contribution in [0.25, 0.3) is 27.9 Å². The number of furan rings is 1. The second kappa shape index (κ2) is 3.47. The van der Waals surface area contributed by atoms with E-state index in [1.54, 1.807) is 6.20 Å². The molecule has 0 aliphatic heterocycles. The summed E-state index contributed by atoms with van der Waals surface area (Å²) in [5.41, 5.74) is 2.91. The van der Waals surface area contributed by atoms with Gasteiger partial charge < -0.3 is 8.82 Å². The van der Waals surface area contributed by atoms with Crippen LogP contribution in [0.1, 0.15) is 0 Å². The zero-order chi connectivity index (χ0) is 11.9. The third kappa shape index (κ3) is 1.34. The third-order valence-electron chi connectivity index (χ3n) is 3.10. The largest absolute Gasteiger partial charge is 0.456 e. The summed E-state index contributed by atoms with van der Waals surface area (Å²) < 4.78 is 7.83. The van der Waals surface area contributed by atoms with Gasteiger partial charge in [0.05, 0.1) is 0 Å². The molecule has 0 saturated carbocycles. The van der Waals surface area contributed by atoms with Gasteiger partial charge in [0.2, 0.25) is 0 Å². The Bertz CT molecular complexity index is 809. The van der Waals surface area contributed by atoms with Crippen LogP contribution < -0.4 is 0 Å². The maximum absolute atomic E-state index is 5.85. The molecule has 0 bridgehead atoms. The first-order chi connectivity index (χ1) is 8.90. The Morgan fingerprint density at radius 3 is 2.94 bits per heavy atom. The van der Waals surface area contributed by atoms with Gasteiger partial charge in [-0.1, -0.05) is 18.2 Å². The minimum atomic E-state index is 0.881. The maximum Gasteiger partial charge on any atom is 0.136 e. The van der Waals surface area contributed by atoms with Gasteiger partial charge in [0.15, 0.2) is 0 Å². The second-order valence-electron chi connectivity index (χ2n) is 4.26. The van der Waals surface area contributed by atoms with Crippen LogP contribution in [0.3, 0.4) is 0 Å². The Labute approximate surface area is 103 Å². The quantitative estimate of drug-likeness (QED) is 0.502. The number of rotatable bonds is 1. The van der Waals surface area contributed by atoms with E-state index in [0.29, 0.717) is 0 Å². The average molecular weight is 234 g/mol. The zero-order valence-electron chi connectivity index (χ0n) is 9.58. The number of para-hydroxylation sites is 1. The first-order valence-electron chi connectivity index (χ1n) is 5.82. The molecule has 4 rings (SSSR count). The standard InChI is InChI=1S/C15H10N2O/c1-2-4-13-11(3-1)9-14(18-13)12-5-6-15-16-7-8-17(15)10-12/h1-10H. The minimum absolute atomic E-state index is 0.881. The van der Waals surface area contributed by atoms with Gasteiger partial charge in [-0.2, -0.15) is 0 Å². The first-order valence-corrected chi connectivity index (χ1v) is 5.82. The molecule has 3 heteroatoms. The monoisotopic (exact) mass is 234 g/mol. The molecule has 1 aromatic carbocycles. The van der Waals surface area contributed by atoms with Crippen molar-refractivity contribution in [2.24, 2.45) is 0 Å². The van der Waals surface area contributed by atoms with E-state index >= 15 is 0 Å². The zero-order valence-corrected chi connectivity index (χ0v) is 9.58. The molecule has 0 atom stereocenters. The summed E-state index contributed by atoms with van der Waals surface area (Å²) in [5.74, 6) is 0.881.